The molecule has 0 aliphatic heterocycles. The molecule has 0 aliphatic rings. The molecule has 0 spiro atoms. The van der Waals surface area contributed by atoms with Crippen molar-refractivity contribution in [2.45, 2.75) is 0 Å². The molecule has 0 saturated carbocycles. The molecule has 0 amide bonds. The average molecular weight is 303 g/mol. The summed E-state index contributed by atoms with van der Waals surface area (Å²) in [6.07, 6.45) is 1.80. The standard InChI is InChI=1S/C18H13N3S/c1-3-7-13(8-4-1)15-16(14-9-5-2-6-10-14)21-17(20-15)18-19-11-12-22-18/h1-12H,(H,20,21). The van der Waals surface area contributed by atoms with Crippen molar-refractivity contribution < 1.29 is 0 Å². The molecule has 0 fully saturated rings. The van der Waals surface area contributed by atoms with Gasteiger partial charge in [-0.25, -0.2) is 9.97 Å². The maximum Gasteiger partial charge on any atom is 0.167 e. The maximum atomic E-state index is 4.79. The van der Waals surface area contributed by atoms with E-state index < -0.39 is 0 Å². The van der Waals surface area contributed by atoms with Gasteiger partial charge in [0.1, 0.15) is 0 Å². The lowest BCUT2D eigenvalue weighted by molar-refractivity contribution is 1.27. The predicted octanol–water partition coefficient (Wildman–Crippen LogP) is 4.87. The molecule has 4 heteroatoms. The van der Waals surface area contributed by atoms with Crippen molar-refractivity contribution in [1.29, 1.82) is 0 Å². The number of rotatable bonds is 3. The molecule has 0 unspecified atom stereocenters. The van der Waals surface area contributed by atoms with Crippen LogP contribution in [0.2, 0.25) is 0 Å². The Labute approximate surface area is 132 Å². The zero-order valence-corrected chi connectivity index (χ0v) is 12.5. The Morgan fingerprint density at radius 3 is 2.14 bits per heavy atom. The lowest BCUT2D eigenvalue weighted by Crippen LogP contribution is -1.82. The van der Waals surface area contributed by atoms with Crippen molar-refractivity contribution in [2.75, 3.05) is 0 Å². The van der Waals surface area contributed by atoms with Crippen LogP contribution >= 0.6 is 11.3 Å². The van der Waals surface area contributed by atoms with Crippen molar-refractivity contribution in [3.8, 4) is 33.3 Å². The van der Waals surface area contributed by atoms with Gasteiger partial charge in [0.25, 0.3) is 0 Å². The minimum Gasteiger partial charge on any atom is -0.335 e. The molecule has 2 aromatic heterocycles. The second-order valence-electron chi connectivity index (χ2n) is 4.88. The highest BCUT2D eigenvalue weighted by Crippen LogP contribution is 2.33. The largest absolute Gasteiger partial charge is 0.335 e. The quantitative estimate of drug-likeness (QED) is 0.587. The van der Waals surface area contributed by atoms with Crippen molar-refractivity contribution in [3.05, 3.63) is 72.2 Å². The number of hydrogen-bond donors (Lipinski definition) is 1. The van der Waals surface area contributed by atoms with Crippen molar-refractivity contribution in [3.63, 3.8) is 0 Å². The minimum atomic E-state index is 0.813. The van der Waals surface area contributed by atoms with Crippen LogP contribution in [0.4, 0.5) is 0 Å². The Morgan fingerprint density at radius 1 is 0.818 bits per heavy atom. The van der Waals surface area contributed by atoms with Gasteiger partial charge in [-0.05, 0) is 0 Å². The van der Waals surface area contributed by atoms with Crippen molar-refractivity contribution in [1.82, 2.24) is 15.0 Å². The number of benzene rings is 2. The number of nitrogens with zero attached hydrogens (tertiary/aromatic N) is 2. The van der Waals surface area contributed by atoms with Crippen LogP contribution in [-0.4, -0.2) is 15.0 Å². The summed E-state index contributed by atoms with van der Waals surface area (Å²) >= 11 is 1.58. The summed E-state index contributed by atoms with van der Waals surface area (Å²) in [6.45, 7) is 0. The predicted molar refractivity (Wildman–Crippen MR) is 90.6 cm³/mol. The normalized spacial score (nSPS) is 10.7. The molecule has 0 atom stereocenters. The summed E-state index contributed by atoms with van der Waals surface area (Å²) in [4.78, 5) is 12.6. The van der Waals surface area contributed by atoms with Crippen LogP contribution in [0.25, 0.3) is 33.3 Å². The van der Waals surface area contributed by atoms with Crippen LogP contribution in [0.15, 0.2) is 72.2 Å². The fourth-order valence-corrected chi connectivity index (χ4v) is 3.01. The second-order valence-corrected chi connectivity index (χ2v) is 5.77. The molecule has 0 radical (unpaired) electrons. The molecular weight excluding hydrogens is 290 g/mol. The van der Waals surface area contributed by atoms with E-state index in [0.29, 0.717) is 0 Å². The summed E-state index contributed by atoms with van der Waals surface area (Å²) in [7, 11) is 0. The van der Waals surface area contributed by atoms with Crippen molar-refractivity contribution in [2.24, 2.45) is 0 Å². The third-order valence-electron chi connectivity index (χ3n) is 3.45. The molecule has 1 N–H and O–H groups in total. The van der Waals surface area contributed by atoms with Crippen LogP contribution in [-0.2, 0) is 0 Å². The Balaban J connectivity index is 1.92. The van der Waals surface area contributed by atoms with E-state index in [2.05, 4.69) is 34.2 Å². The Kier molecular flexibility index (Phi) is 3.29. The Morgan fingerprint density at radius 2 is 1.50 bits per heavy atom. The van der Waals surface area contributed by atoms with E-state index in [1.54, 1.807) is 17.5 Å². The summed E-state index contributed by atoms with van der Waals surface area (Å²) in [5.74, 6) is 0.813. The molecular formula is C18H13N3S. The summed E-state index contributed by atoms with van der Waals surface area (Å²) < 4.78 is 0. The van der Waals surface area contributed by atoms with Crippen LogP contribution in [0, 0.1) is 0 Å². The van der Waals surface area contributed by atoms with Gasteiger partial charge in [-0.1, -0.05) is 60.7 Å². The number of aromatic nitrogens is 3. The molecule has 0 saturated heterocycles. The van der Waals surface area contributed by atoms with Gasteiger partial charge in [0.15, 0.2) is 10.8 Å². The van der Waals surface area contributed by atoms with Gasteiger partial charge in [-0.15, -0.1) is 11.3 Å². The number of thiazole rings is 1. The zero-order chi connectivity index (χ0) is 14.8. The van der Waals surface area contributed by atoms with Gasteiger partial charge in [-0.2, -0.15) is 0 Å². The van der Waals surface area contributed by atoms with Gasteiger partial charge in [0, 0.05) is 22.7 Å². The van der Waals surface area contributed by atoms with Gasteiger partial charge < -0.3 is 4.98 Å². The highest BCUT2D eigenvalue weighted by Gasteiger charge is 2.15. The maximum absolute atomic E-state index is 4.79. The van der Waals surface area contributed by atoms with Crippen LogP contribution in [0.5, 0.6) is 0 Å². The van der Waals surface area contributed by atoms with E-state index >= 15 is 0 Å². The van der Waals surface area contributed by atoms with E-state index in [1.807, 2.05) is 41.8 Å². The molecule has 3 nitrogen and oxygen atoms in total. The first-order valence-electron chi connectivity index (χ1n) is 7.02. The molecule has 0 bridgehead atoms. The topological polar surface area (TPSA) is 41.6 Å². The fraction of sp³-hybridized carbons (Fsp3) is 0. The summed E-state index contributed by atoms with van der Waals surface area (Å²) in [5, 5.41) is 2.86. The highest BCUT2D eigenvalue weighted by atomic mass is 32.1. The van der Waals surface area contributed by atoms with Gasteiger partial charge in [0.2, 0.25) is 0 Å². The molecule has 4 aromatic rings. The molecule has 106 valence electrons. The first-order valence-corrected chi connectivity index (χ1v) is 7.90. The second kappa shape index (κ2) is 5.58. The lowest BCUT2D eigenvalue weighted by Gasteiger charge is -2.02. The highest BCUT2D eigenvalue weighted by molar-refractivity contribution is 7.13. The Hall–Kier alpha value is -2.72. The number of aromatic amines is 1. The van der Waals surface area contributed by atoms with Gasteiger partial charge in [-0.3, -0.25) is 0 Å². The zero-order valence-electron chi connectivity index (χ0n) is 11.7. The van der Waals surface area contributed by atoms with Crippen molar-refractivity contribution >= 4 is 11.3 Å². The summed E-state index contributed by atoms with van der Waals surface area (Å²) in [6, 6.07) is 20.5. The van der Waals surface area contributed by atoms with E-state index in [4.69, 9.17) is 4.98 Å². The minimum absolute atomic E-state index is 0.813. The monoisotopic (exact) mass is 303 g/mol. The average Bonchev–Trinajstić information content (AvgIpc) is 3.26. The number of H-pyrrole nitrogens is 1. The first-order chi connectivity index (χ1) is 10.9. The smallest absolute Gasteiger partial charge is 0.167 e. The number of nitrogens with one attached hydrogen (secondary N) is 1. The molecule has 22 heavy (non-hydrogen) atoms. The lowest BCUT2D eigenvalue weighted by atomic mass is 10.1. The van der Waals surface area contributed by atoms with Crippen LogP contribution in [0.1, 0.15) is 0 Å². The first kappa shape index (κ1) is 13.0. The van der Waals surface area contributed by atoms with E-state index in [0.717, 1.165) is 33.3 Å². The number of imidazole rings is 1. The molecule has 2 aromatic carbocycles. The van der Waals surface area contributed by atoms with Gasteiger partial charge in [0.05, 0.1) is 11.4 Å². The molecule has 0 aliphatic carbocycles. The van der Waals surface area contributed by atoms with Crippen LogP contribution in [0.3, 0.4) is 0 Å². The van der Waals surface area contributed by atoms with E-state index in [-0.39, 0.29) is 0 Å². The third kappa shape index (κ3) is 2.34. The van der Waals surface area contributed by atoms with E-state index in [1.165, 1.54) is 0 Å². The molecule has 4 rings (SSSR count). The SMILES string of the molecule is c1ccc(-c2nc(-c3nccs3)[nH]c2-c2ccccc2)cc1. The van der Waals surface area contributed by atoms with Crippen LogP contribution < -0.4 is 0 Å². The third-order valence-corrected chi connectivity index (χ3v) is 4.23. The van der Waals surface area contributed by atoms with E-state index in [9.17, 15) is 0 Å². The summed E-state index contributed by atoms with van der Waals surface area (Å²) in [5.41, 5.74) is 4.20. The fourth-order valence-electron chi connectivity index (χ4n) is 2.43. The number of hydrogen-bond acceptors (Lipinski definition) is 3. The molecule has 2 heterocycles. The Bertz CT molecular complexity index is 808. The van der Waals surface area contributed by atoms with Gasteiger partial charge >= 0.3 is 0 Å².